The Balaban J connectivity index is 2.62. The van der Waals surface area contributed by atoms with Gasteiger partial charge in [-0.1, -0.05) is 46.9 Å². The second kappa shape index (κ2) is 7.74. The first-order valence-electron chi connectivity index (χ1n) is 5.88. The van der Waals surface area contributed by atoms with Crippen LogP contribution < -0.4 is 5.32 Å². The zero-order valence-electron chi connectivity index (χ0n) is 10.2. The summed E-state index contributed by atoms with van der Waals surface area (Å²) in [5.74, 6) is -0.677. The summed E-state index contributed by atoms with van der Waals surface area (Å²) in [5.41, 5.74) is -0.00352. The standard InChI is InChI=1S/C13H16BrClFNO/c1-2-9(6-7-14)8-17-13(18)10-4-3-5-11(15)12(10)16/h3-5,9H,2,6-8H2,1H3,(H,17,18). The van der Waals surface area contributed by atoms with E-state index < -0.39 is 11.7 Å². The summed E-state index contributed by atoms with van der Waals surface area (Å²) in [5, 5.41) is 3.61. The third-order valence-corrected chi connectivity index (χ3v) is 3.59. The van der Waals surface area contributed by atoms with E-state index in [2.05, 4.69) is 28.2 Å². The topological polar surface area (TPSA) is 29.1 Å². The van der Waals surface area contributed by atoms with Crippen molar-refractivity contribution in [2.75, 3.05) is 11.9 Å². The van der Waals surface area contributed by atoms with Crippen LogP contribution in [0.5, 0.6) is 0 Å². The number of benzene rings is 1. The van der Waals surface area contributed by atoms with E-state index in [1.807, 2.05) is 0 Å². The third-order valence-electron chi connectivity index (χ3n) is 2.84. The zero-order valence-corrected chi connectivity index (χ0v) is 12.5. The van der Waals surface area contributed by atoms with Crippen LogP contribution in [0.2, 0.25) is 5.02 Å². The molecule has 1 atom stereocenters. The molecule has 0 radical (unpaired) electrons. The first-order valence-corrected chi connectivity index (χ1v) is 7.38. The zero-order chi connectivity index (χ0) is 13.5. The van der Waals surface area contributed by atoms with E-state index >= 15 is 0 Å². The molecule has 2 nitrogen and oxygen atoms in total. The highest BCUT2D eigenvalue weighted by Crippen LogP contribution is 2.18. The largest absolute Gasteiger partial charge is 0.352 e. The number of nitrogens with one attached hydrogen (secondary N) is 1. The van der Waals surface area contributed by atoms with E-state index in [4.69, 9.17) is 11.6 Å². The van der Waals surface area contributed by atoms with Crippen LogP contribution in [0.4, 0.5) is 4.39 Å². The molecule has 5 heteroatoms. The van der Waals surface area contributed by atoms with Gasteiger partial charge in [0, 0.05) is 11.9 Å². The van der Waals surface area contributed by atoms with Crippen LogP contribution in [-0.4, -0.2) is 17.8 Å². The van der Waals surface area contributed by atoms with Crippen molar-refractivity contribution in [1.29, 1.82) is 0 Å². The van der Waals surface area contributed by atoms with Gasteiger partial charge < -0.3 is 5.32 Å². The summed E-state index contributed by atoms with van der Waals surface area (Å²) in [7, 11) is 0. The van der Waals surface area contributed by atoms with Gasteiger partial charge in [-0.3, -0.25) is 4.79 Å². The van der Waals surface area contributed by atoms with E-state index in [1.165, 1.54) is 12.1 Å². The molecule has 1 amide bonds. The molecule has 1 unspecified atom stereocenters. The van der Waals surface area contributed by atoms with Gasteiger partial charge in [-0.15, -0.1) is 0 Å². The first-order chi connectivity index (χ1) is 8.60. The van der Waals surface area contributed by atoms with Crippen molar-refractivity contribution < 1.29 is 9.18 Å². The predicted molar refractivity (Wildman–Crippen MR) is 75.9 cm³/mol. The van der Waals surface area contributed by atoms with Crippen LogP contribution in [0.3, 0.4) is 0 Å². The molecule has 0 bridgehead atoms. The number of carbonyl (C=O) groups is 1. The van der Waals surface area contributed by atoms with Crippen LogP contribution >= 0.6 is 27.5 Å². The SMILES string of the molecule is CCC(CCBr)CNC(=O)c1cccc(Cl)c1F. The maximum absolute atomic E-state index is 13.6. The summed E-state index contributed by atoms with van der Waals surface area (Å²) < 4.78 is 13.6. The molecule has 1 aromatic rings. The lowest BCUT2D eigenvalue weighted by Gasteiger charge is -2.14. The molecule has 1 rings (SSSR count). The first kappa shape index (κ1) is 15.4. The van der Waals surface area contributed by atoms with E-state index in [0.717, 1.165) is 18.2 Å². The van der Waals surface area contributed by atoms with Gasteiger partial charge in [0.2, 0.25) is 0 Å². The van der Waals surface area contributed by atoms with Crippen molar-refractivity contribution >= 4 is 33.4 Å². The van der Waals surface area contributed by atoms with Crippen LogP contribution in [-0.2, 0) is 0 Å². The maximum atomic E-state index is 13.6. The van der Waals surface area contributed by atoms with Gasteiger partial charge in [0.1, 0.15) is 0 Å². The van der Waals surface area contributed by atoms with E-state index in [0.29, 0.717) is 12.5 Å². The smallest absolute Gasteiger partial charge is 0.254 e. The van der Waals surface area contributed by atoms with Crippen LogP contribution in [0.15, 0.2) is 18.2 Å². The Morgan fingerprint density at radius 3 is 2.89 bits per heavy atom. The third kappa shape index (κ3) is 4.25. The quantitative estimate of drug-likeness (QED) is 0.781. The molecule has 0 aliphatic heterocycles. The Kier molecular flexibility index (Phi) is 6.65. The lowest BCUT2D eigenvalue weighted by atomic mass is 10.0. The van der Waals surface area contributed by atoms with Crippen molar-refractivity contribution in [2.24, 2.45) is 5.92 Å². The number of hydrogen-bond acceptors (Lipinski definition) is 1. The summed E-state index contributed by atoms with van der Waals surface area (Å²) in [6, 6.07) is 4.42. The van der Waals surface area contributed by atoms with Crippen LogP contribution in [0, 0.1) is 11.7 Å². The number of carbonyl (C=O) groups excluding carboxylic acids is 1. The number of alkyl halides is 1. The predicted octanol–water partition coefficient (Wildman–Crippen LogP) is 4.02. The normalized spacial score (nSPS) is 12.2. The van der Waals surface area contributed by atoms with E-state index in [-0.39, 0.29) is 10.6 Å². The number of hydrogen-bond donors (Lipinski definition) is 1. The molecular formula is C13H16BrClFNO. The van der Waals surface area contributed by atoms with Gasteiger partial charge in [-0.05, 0) is 24.5 Å². The molecular weight excluding hydrogens is 321 g/mol. The average molecular weight is 337 g/mol. The van der Waals surface area contributed by atoms with Gasteiger partial charge >= 0.3 is 0 Å². The molecule has 100 valence electrons. The summed E-state index contributed by atoms with van der Waals surface area (Å²) in [6.45, 7) is 2.62. The highest BCUT2D eigenvalue weighted by atomic mass is 79.9. The Hall–Kier alpha value is -0.610. The number of halogens is 3. The molecule has 0 spiro atoms. The maximum Gasteiger partial charge on any atom is 0.254 e. The number of rotatable bonds is 6. The van der Waals surface area contributed by atoms with Crippen molar-refractivity contribution in [3.8, 4) is 0 Å². The molecule has 0 heterocycles. The average Bonchev–Trinajstić information content (AvgIpc) is 2.37. The van der Waals surface area contributed by atoms with Crippen molar-refractivity contribution in [3.63, 3.8) is 0 Å². The lowest BCUT2D eigenvalue weighted by molar-refractivity contribution is 0.0942. The van der Waals surface area contributed by atoms with Crippen molar-refractivity contribution in [2.45, 2.75) is 19.8 Å². The molecule has 1 aromatic carbocycles. The molecule has 0 aliphatic carbocycles. The van der Waals surface area contributed by atoms with E-state index in [9.17, 15) is 9.18 Å². The molecule has 0 aromatic heterocycles. The Bertz CT molecular complexity index is 414. The van der Waals surface area contributed by atoms with Gasteiger partial charge in [-0.25, -0.2) is 4.39 Å². The second-order valence-corrected chi connectivity index (χ2v) is 5.26. The molecule has 0 saturated heterocycles. The summed E-state index contributed by atoms with van der Waals surface area (Å²) >= 11 is 9.01. The monoisotopic (exact) mass is 335 g/mol. The lowest BCUT2D eigenvalue weighted by Crippen LogP contribution is -2.30. The van der Waals surface area contributed by atoms with Gasteiger partial charge in [0.05, 0.1) is 10.6 Å². The Morgan fingerprint density at radius 1 is 1.56 bits per heavy atom. The van der Waals surface area contributed by atoms with Crippen LogP contribution in [0.25, 0.3) is 0 Å². The van der Waals surface area contributed by atoms with Gasteiger partial charge in [-0.2, -0.15) is 0 Å². The van der Waals surface area contributed by atoms with E-state index in [1.54, 1.807) is 6.07 Å². The highest BCUT2D eigenvalue weighted by molar-refractivity contribution is 9.09. The number of amides is 1. The minimum atomic E-state index is -0.662. The van der Waals surface area contributed by atoms with Crippen molar-refractivity contribution in [1.82, 2.24) is 5.32 Å². The van der Waals surface area contributed by atoms with Crippen LogP contribution in [0.1, 0.15) is 30.1 Å². The van der Waals surface area contributed by atoms with Crippen molar-refractivity contribution in [3.05, 3.63) is 34.6 Å². The fourth-order valence-electron chi connectivity index (χ4n) is 1.62. The molecule has 0 aliphatic rings. The molecule has 1 N–H and O–H groups in total. The van der Waals surface area contributed by atoms with Gasteiger partial charge in [0.15, 0.2) is 5.82 Å². The summed E-state index contributed by atoms with van der Waals surface area (Å²) in [6.07, 6.45) is 1.96. The van der Waals surface area contributed by atoms with Gasteiger partial charge in [0.25, 0.3) is 5.91 Å². The molecule has 0 fully saturated rings. The fourth-order valence-corrected chi connectivity index (χ4v) is 2.44. The molecule has 0 saturated carbocycles. The Labute approximate surface area is 120 Å². The minimum Gasteiger partial charge on any atom is -0.352 e. The fraction of sp³-hybridized carbons (Fsp3) is 0.462. The minimum absolute atomic E-state index is 0.00352. The molecule has 18 heavy (non-hydrogen) atoms. The Morgan fingerprint density at radius 2 is 2.28 bits per heavy atom. The summed E-state index contributed by atoms with van der Waals surface area (Å²) in [4.78, 5) is 11.8. The second-order valence-electron chi connectivity index (χ2n) is 4.06. The highest BCUT2D eigenvalue weighted by Gasteiger charge is 2.15.